The number of benzene rings is 2. The van der Waals surface area contributed by atoms with Crippen LogP contribution in [0.4, 0.5) is 0 Å². The van der Waals surface area contributed by atoms with E-state index in [4.69, 9.17) is 16.7 Å². The summed E-state index contributed by atoms with van der Waals surface area (Å²) in [6, 6.07) is 17.9. The molecule has 3 aromatic rings. The Hall–Kier alpha value is -2.63. The van der Waals surface area contributed by atoms with Crippen molar-refractivity contribution in [1.29, 1.82) is 0 Å². The third-order valence-corrected chi connectivity index (χ3v) is 5.36. The summed E-state index contributed by atoms with van der Waals surface area (Å²) in [4.78, 5) is 15.9. The van der Waals surface area contributed by atoms with Crippen LogP contribution in [0.2, 0.25) is 5.02 Å². The van der Waals surface area contributed by atoms with Gasteiger partial charge in [-0.3, -0.25) is 9.69 Å². The quantitative estimate of drug-likeness (QED) is 0.674. The number of halogens is 1. The monoisotopic (exact) mass is 394 g/mol. The third-order valence-electron chi connectivity index (χ3n) is 5.12. The van der Waals surface area contributed by atoms with Crippen LogP contribution in [0.1, 0.15) is 12.5 Å². The van der Waals surface area contributed by atoms with Crippen LogP contribution in [0.3, 0.4) is 0 Å². The maximum atomic E-state index is 11.6. The molecular formula is C22H23ClN4O. The van der Waals surface area contributed by atoms with Gasteiger partial charge in [-0.05, 0) is 24.3 Å². The summed E-state index contributed by atoms with van der Waals surface area (Å²) in [6.45, 7) is 5.71. The van der Waals surface area contributed by atoms with E-state index in [0.717, 1.165) is 55.2 Å². The fraction of sp³-hybridized carbons (Fsp3) is 0.273. The number of nitrogens with zero attached hydrogens (tertiary/aromatic N) is 4. The van der Waals surface area contributed by atoms with Crippen molar-refractivity contribution in [2.45, 2.75) is 13.5 Å². The summed E-state index contributed by atoms with van der Waals surface area (Å²) in [5.41, 5.74) is 4.14. The molecule has 0 bridgehead atoms. The molecule has 4 rings (SSSR count). The van der Waals surface area contributed by atoms with Gasteiger partial charge in [0.1, 0.15) is 0 Å². The van der Waals surface area contributed by atoms with E-state index in [1.54, 1.807) is 6.92 Å². The van der Waals surface area contributed by atoms with Gasteiger partial charge in [-0.1, -0.05) is 41.9 Å². The third kappa shape index (κ3) is 4.11. The lowest BCUT2D eigenvalue weighted by atomic mass is 10.1. The SMILES string of the molecule is CC(=O)N1CCN(Cc2cn(-c3ccccc3)nc2-c2cccc(Cl)c2)CC1. The molecule has 0 unspecified atom stereocenters. The van der Waals surface area contributed by atoms with E-state index < -0.39 is 0 Å². The van der Waals surface area contributed by atoms with Gasteiger partial charge >= 0.3 is 0 Å². The summed E-state index contributed by atoms with van der Waals surface area (Å²) in [5.74, 6) is 0.149. The van der Waals surface area contributed by atoms with Crippen molar-refractivity contribution in [3.8, 4) is 16.9 Å². The molecule has 0 spiro atoms. The van der Waals surface area contributed by atoms with Gasteiger partial charge in [0.2, 0.25) is 5.91 Å². The van der Waals surface area contributed by atoms with Crippen molar-refractivity contribution in [3.05, 3.63) is 71.4 Å². The highest BCUT2D eigenvalue weighted by Crippen LogP contribution is 2.27. The molecule has 1 aliphatic heterocycles. The van der Waals surface area contributed by atoms with Crippen LogP contribution < -0.4 is 0 Å². The molecule has 28 heavy (non-hydrogen) atoms. The number of aromatic nitrogens is 2. The minimum absolute atomic E-state index is 0.149. The Balaban J connectivity index is 1.63. The first-order valence-corrected chi connectivity index (χ1v) is 9.86. The van der Waals surface area contributed by atoms with E-state index in [-0.39, 0.29) is 5.91 Å². The number of hydrogen-bond donors (Lipinski definition) is 0. The van der Waals surface area contributed by atoms with Crippen LogP contribution >= 0.6 is 11.6 Å². The molecule has 0 N–H and O–H groups in total. The topological polar surface area (TPSA) is 41.4 Å². The highest BCUT2D eigenvalue weighted by Gasteiger charge is 2.21. The molecule has 6 heteroatoms. The zero-order valence-electron chi connectivity index (χ0n) is 15.9. The molecule has 2 heterocycles. The summed E-state index contributed by atoms with van der Waals surface area (Å²) in [7, 11) is 0. The van der Waals surface area contributed by atoms with Crippen molar-refractivity contribution in [3.63, 3.8) is 0 Å². The molecule has 0 atom stereocenters. The van der Waals surface area contributed by atoms with E-state index >= 15 is 0 Å². The van der Waals surface area contributed by atoms with Crippen LogP contribution in [0.25, 0.3) is 16.9 Å². The standard InChI is InChI=1S/C22H23ClN4O/c1-17(28)26-12-10-25(11-13-26)15-19-16-27(21-8-3-2-4-9-21)24-22(19)18-6-5-7-20(23)14-18/h2-9,14,16H,10-13,15H2,1H3. The molecular weight excluding hydrogens is 372 g/mol. The molecule has 1 saturated heterocycles. The molecule has 1 aliphatic rings. The predicted octanol–water partition coefficient (Wildman–Crippen LogP) is 3.86. The van der Waals surface area contributed by atoms with Crippen molar-refractivity contribution in [2.75, 3.05) is 26.2 Å². The first-order valence-electron chi connectivity index (χ1n) is 9.48. The van der Waals surface area contributed by atoms with Gasteiger partial charge in [0.05, 0.1) is 11.4 Å². The second-order valence-corrected chi connectivity index (χ2v) is 7.51. The number of rotatable bonds is 4. The Morgan fingerprint density at radius 3 is 2.46 bits per heavy atom. The largest absolute Gasteiger partial charge is 0.340 e. The maximum absolute atomic E-state index is 11.6. The van der Waals surface area contributed by atoms with Crippen molar-refractivity contribution >= 4 is 17.5 Å². The second-order valence-electron chi connectivity index (χ2n) is 7.08. The molecule has 144 valence electrons. The lowest BCUT2D eigenvalue weighted by Crippen LogP contribution is -2.47. The Morgan fingerprint density at radius 2 is 1.79 bits per heavy atom. The smallest absolute Gasteiger partial charge is 0.219 e. The van der Waals surface area contributed by atoms with E-state index in [2.05, 4.69) is 11.1 Å². The maximum Gasteiger partial charge on any atom is 0.219 e. The van der Waals surface area contributed by atoms with Gasteiger partial charge in [0, 0.05) is 62.0 Å². The number of para-hydroxylation sites is 1. The number of hydrogen-bond acceptors (Lipinski definition) is 3. The van der Waals surface area contributed by atoms with Crippen LogP contribution in [-0.2, 0) is 11.3 Å². The zero-order valence-corrected chi connectivity index (χ0v) is 16.6. The van der Waals surface area contributed by atoms with E-state index in [9.17, 15) is 4.79 Å². The lowest BCUT2D eigenvalue weighted by molar-refractivity contribution is -0.130. The first-order chi connectivity index (χ1) is 13.6. The molecule has 0 radical (unpaired) electrons. The van der Waals surface area contributed by atoms with Gasteiger partial charge in [0.25, 0.3) is 0 Å². The van der Waals surface area contributed by atoms with Crippen molar-refractivity contribution in [2.24, 2.45) is 0 Å². The Labute approximate surface area is 170 Å². The van der Waals surface area contributed by atoms with Crippen LogP contribution in [-0.4, -0.2) is 51.7 Å². The summed E-state index contributed by atoms with van der Waals surface area (Å²) < 4.78 is 1.93. The highest BCUT2D eigenvalue weighted by atomic mass is 35.5. The number of carbonyl (C=O) groups excluding carboxylic acids is 1. The molecule has 0 saturated carbocycles. The zero-order chi connectivity index (χ0) is 19.5. The minimum atomic E-state index is 0.149. The van der Waals surface area contributed by atoms with Crippen LogP contribution in [0.5, 0.6) is 0 Å². The molecule has 1 fully saturated rings. The fourth-order valence-electron chi connectivity index (χ4n) is 3.58. The van der Waals surface area contributed by atoms with E-state index in [1.807, 2.05) is 64.2 Å². The second kappa shape index (κ2) is 8.17. The van der Waals surface area contributed by atoms with Gasteiger partial charge in [-0.25, -0.2) is 4.68 Å². The molecule has 1 amide bonds. The normalized spacial score (nSPS) is 15.0. The average Bonchev–Trinajstić information content (AvgIpc) is 3.13. The number of carbonyl (C=O) groups is 1. The Kier molecular flexibility index (Phi) is 5.46. The van der Waals surface area contributed by atoms with Gasteiger partial charge in [-0.2, -0.15) is 5.10 Å². The Morgan fingerprint density at radius 1 is 1.04 bits per heavy atom. The van der Waals surface area contributed by atoms with Crippen LogP contribution in [0.15, 0.2) is 60.8 Å². The van der Waals surface area contributed by atoms with Crippen LogP contribution in [0, 0.1) is 0 Å². The van der Waals surface area contributed by atoms with E-state index in [0.29, 0.717) is 5.02 Å². The molecule has 2 aromatic carbocycles. The first kappa shape index (κ1) is 18.7. The Bertz CT molecular complexity index is 962. The van der Waals surface area contributed by atoms with Crippen molar-refractivity contribution < 1.29 is 4.79 Å². The van der Waals surface area contributed by atoms with Gasteiger partial charge in [0.15, 0.2) is 0 Å². The van der Waals surface area contributed by atoms with E-state index in [1.165, 1.54) is 0 Å². The summed E-state index contributed by atoms with van der Waals surface area (Å²) in [6.07, 6.45) is 2.10. The highest BCUT2D eigenvalue weighted by molar-refractivity contribution is 6.30. The average molecular weight is 395 g/mol. The molecule has 5 nitrogen and oxygen atoms in total. The van der Waals surface area contributed by atoms with Gasteiger partial charge < -0.3 is 4.90 Å². The molecule has 1 aromatic heterocycles. The summed E-state index contributed by atoms with van der Waals surface area (Å²) in [5, 5.41) is 5.57. The molecule has 0 aliphatic carbocycles. The van der Waals surface area contributed by atoms with Gasteiger partial charge in [-0.15, -0.1) is 0 Å². The lowest BCUT2D eigenvalue weighted by Gasteiger charge is -2.34. The predicted molar refractivity (Wildman–Crippen MR) is 112 cm³/mol. The summed E-state index contributed by atoms with van der Waals surface area (Å²) >= 11 is 6.23. The minimum Gasteiger partial charge on any atom is -0.340 e. The fourth-order valence-corrected chi connectivity index (χ4v) is 3.77. The number of amides is 1. The number of piperazine rings is 1. The van der Waals surface area contributed by atoms with Crippen molar-refractivity contribution in [1.82, 2.24) is 19.6 Å².